The molecule has 19 heavy (non-hydrogen) atoms. The van der Waals surface area contributed by atoms with E-state index in [0.29, 0.717) is 6.54 Å². The highest BCUT2D eigenvalue weighted by Crippen LogP contribution is 2.20. The first kappa shape index (κ1) is 13.9. The lowest BCUT2D eigenvalue weighted by Gasteiger charge is -2.21. The maximum atomic E-state index is 12.0. The smallest absolute Gasteiger partial charge is 0.233 e. The van der Waals surface area contributed by atoms with Crippen LogP contribution in [0.15, 0.2) is 18.2 Å². The number of hydrogen-bond donors (Lipinski definition) is 2. The quantitative estimate of drug-likeness (QED) is 0.887. The third-order valence-electron chi connectivity index (χ3n) is 3.04. The van der Waals surface area contributed by atoms with Crippen molar-refractivity contribution in [3.8, 4) is 0 Å². The number of anilines is 1. The first-order valence-corrected chi connectivity index (χ1v) is 7.37. The lowest BCUT2D eigenvalue weighted by atomic mass is 10.1. The van der Waals surface area contributed by atoms with Crippen molar-refractivity contribution < 1.29 is 9.59 Å². The van der Waals surface area contributed by atoms with E-state index >= 15 is 0 Å². The van der Waals surface area contributed by atoms with Gasteiger partial charge in [-0.3, -0.25) is 9.59 Å². The van der Waals surface area contributed by atoms with Crippen LogP contribution in [0.3, 0.4) is 0 Å². The van der Waals surface area contributed by atoms with Gasteiger partial charge in [0.2, 0.25) is 11.8 Å². The summed E-state index contributed by atoms with van der Waals surface area (Å²) in [6.07, 6.45) is 0.226. The molecule has 1 aromatic rings. The van der Waals surface area contributed by atoms with Gasteiger partial charge < -0.3 is 10.6 Å². The van der Waals surface area contributed by atoms with Crippen molar-refractivity contribution in [2.45, 2.75) is 25.5 Å². The van der Waals surface area contributed by atoms with Crippen molar-refractivity contribution in [1.29, 1.82) is 0 Å². The fourth-order valence-corrected chi connectivity index (χ4v) is 3.05. The molecule has 1 saturated heterocycles. The molecule has 1 atom stereocenters. The molecule has 102 valence electrons. The van der Waals surface area contributed by atoms with Gasteiger partial charge in [0.05, 0.1) is 5.25 Å². The molecule has 5 heteroatoms. The van der Waals surface area contributed by atoms with E-state index in [-0.39, 0.29) is 23.5 Å². The molecule has 0 aromatic heterocycles. The van der Waals surface area contributed by atoms with Gasteiger partial charge in [-0.15, -0.1) is 11.8 Å². The molecule has 1 unspecified atom stereocenters. The van der Waals surface area contributed by atoms with Crippen LogP contribution in [0.2, 0.25) is 0 Å². The third kappa shape index (κ3) is 3.73. The highest BCUT2D eigenvalue weighted by Gasteiger charge is 2.25. The summed E-state index contributed by atoms with van der Waals surface area (Å²) in [6, 6.07) is 5.89. The molecule has 1 aliphatic rings. The van der Waals surface area contributed by atoms with E-state index in [4.69, 9.17) is 0 Å². The number of hydrogen-bond acceptors (Lipinski definition) is 3. The first-order valence-electron chi connectivity index (χ1n) is 6.32. The summed E-state index contributed by atoms with van der Waals surface area (Å²) >= 11 is 1.54. The van der Waals surface area contributed by atoms with E-state index in [9.17, 15) is 9.59 Å². The summed E-state index contributed by atoms with van der Waals surface area (Å²) in [5.74, 6) is 0.723. The number of carbonyl (C=O) groups excluding carboxylic acids is 2. The first-order chi connectivity index (χ1) is 9.06. The lowest BCUT2D eigenvalue weighted by Crippen LogP contribution is -2.40. The molecule has 2 rings (SSSR count). The van der Waals surface area contributed by atoms with Crippen LogP contribution in [-0.4, -0.2) is 29.4 Å². The summed E-state index contributed by atoms with van der Waals surface area (Å²) in [5.41, 5.74) is 3.02. The Morgan fingerprint density at radius 3 is 2.95 bits per heavy atom. The number of amides is 2. The highest BCUT2D eigenvalue weighted by molar-refractivity contribution is 8.00. The molecule has 1 aliphatic heterocycles. The van der Waals surface area contributed by atoms with Crippen LogP contribution in [0.4, 0.5) is 5.69 Å². The molecule has 4 nitrogen and oxygen atoms in total. The summed E-state index contributed by atoms with van der Waals surface area (Å²) in [5, 5.41) is 5.39. The number of nitrogens with one attached hydrogen (secondary N) is 2. The molecule has 0 bridgehead atoms. The van der Waals surface area contributed by atoms with Crippen molar-refractivity contribution in [1.82, 2.24) is 5.32 Å². The SMILES string of the molecule is Cc1ccc(NC(=O)CC2SCCNC2=O)c(C)c1. The standard InChI is InChI=1S/C14H18N2O2S/c1-9-3-4-11(10(2)7-9)16-13(17)8-12-14(18)15-5-6-19-12/h3-4,7,12H,5-6,8H2,1-2H3,(H,15,18)(H,16,17). The second-order valence-corrected chi connectivity index (χ2v) is 6.03. The molecular formula is C14H18N2O2S. The Labute approximate surface area is 117 Å². The van der Waals surface area contributed by atoms with Crippen LogP contribution >= 0.6 is 11.8 Å². The number of rotatable bonds is 3. The van der Waals surface area contributed by atoms with E-state index < -0.39 is 0 Å². The number of aryl methyl sites for hydroxylation is 2. The minimum absolute atomic E-state index is 0.0352. The van der Waals surface area contributed by atoms with Gasteiger partial charge in [0.25, 0.3) is 0 Å². The average molecular weight is 278 g/mol. The van der Waals surface area contributed by atoms with Crippen LogP contribution in [0.25, 0.3) is 0 Å². The van der Waals surface area contributed by atoms with Gasteiger partial charge in [-0.2, -0.15) is 0 Å². The normalized spacial score (nSPS) is 18.8. The fraction of sp³-hybridized carbons (Fsp3) is 0.429. The lowest BCUT2D eigenvalue weighted by molar-refractivity contribution is -0.123. The van der Waals surface area contributed by atoms with E-state index in [1.807, 2.05) is 32.0 Å². The molecule has 1 fully saturated rings. The Morgan fingerprint density at radius 1 is 1.47 bits per heavy atom. The second kappa shape index (κ2) is 6.10. The monoisotopic (exact) mass is 278 g/mol. The van der Waals surface area contributed by atoms with Crippen molar-refractivity contribution in [3.05, 3.63) is 29.3 Å². The zero-order chi connectivity index (χ0) is 13.8. The average Bonchev–Trinajstić information content (AvgIpc) is 2.36. The Kier molecular flexibility index (Phi) is 4.47. The van der Waals surface area contributed by atoms with E-state index in [1.54, 1.807) is 11.8 Å². The van der Waals surface area contributed by atoms with Crippen LogP contribution in [0.5, 0.6) is 0 Å². The van der Waals surface area contributed by atoms with Crippen molar-refractivity contribution >= 4 is 29.3 Å². The Bertz CT molecular complexity index is 502. The van der Waals surface area contributed by atoms with Gasteiger partial charge in [-0.1, -0.05) is 17.7 Å². The zero-order valence-corrected chi connectivity index (χ0v) is 12.0. The Balaban J connectivity index is 1.95. The van der Waals surface area contributed by atoms with Crippen LogP contribution < -0.4 is 10.6 Å². The van der Waals surface area contributed by atoms with Crippen LogP contribution in [-0.2, 0) is 9.59 Å². The van der Waals surface area contributed by atoms with Crippen LogP contribution in [0.1, 0.15) is 17.5 Å². The predicted octanol–water partition coefficient (Wildman–Crippen LogP) is 1.86. The predicted molar refractivity (Wildman–Crippen MR) is 78.4 cm³/mol. The van der Waals surface area contributed by atoms with Gasteiger partial charge in [0, 0.05) is 24.4 Å². The van der Waals surface area contributed by atoms with Crippen molar-refractivity contribution in [3.63, 3.8) is 0 Å². The molecule has 0 aliphatic carbocycles. The molecule has 0 radical (unpaired) electrons. The van der Waals surface area contributed by atoms with Crippen molar-refractivity contribution in [2.24, 2.45) is 0 Å². The minimum atomic E-state index is -0.264. The molecule has 1 heterocycles. The minimum Gasteiger partial charge on any atom is -0.354 e. The molecule has 2 N–H and O–H groups in total. The molecule has 0 spiro atoms. The zero-order valence-electron chi connectivity index (χ0n) is 11.2. The third-order valence-corrected chi connectivity index (χ3v) is 4.26. The second-order valence-electron chi connectivity index (χ2n) is 4.72. The van der Waals surface area contributed by atoms with Gasteiger partial charge in [0.15, 0.2) is 0 Å². The van der Waals surface area contributed by atoms with E-state index in [1.165, 1.54) is 0 Å². The highest BCUT2D eigenvalue weighted by atomic mass is 32.2. The topological polar surface area (TPSA) is 58.2 Å². The maximum absolute atomic E-state index is 12.0. The van der Waals surface area contributed by atoms with E-state index in [0.717, 1.165) is 22.6 Å². The van der Waals surface area contributed by atoms with Crippen LogP contribution in [0, 0.1) is 13.8 Å². The molecular weight excluding hydrogens is 260 g/mol. The summed E-state index contributed by atoms with van der Waals surface area (Å²) in [7, 11) is 0. The van der Waals surface area contributed by atoms with Crippen molar-refractivity contribution in [2.75, 3.05) is 17.6 Å². The Morgan fingerprint density at radius 2 is 2.26 bits per heavy atom. The number of thioether (sulfide) groups is 1. The summed E-state index contributed by atoms with van der Waals surface area (Å²) < 4.78 is 0. The van der Waals surface area contributed by atoms with Gasteiger partial charge in [0.1, 0.15) is 0 Å². The van der Waals surface area contributed by atoms with Gasteiger partial charge >= 0.3 is 0 Å². The molecule has 0 saturated carbocycles. The fourth-order valence-electron chi connectivity index (χ4n) is 2.04. The summed E-state index contributed by atoms with van der Waals surface area (Å²) in [6.45, 7) is 4.67. The largest absolute Gasteiger partial charge is 0.354 e. The molecule has 1 aromatic carbocycles. The van der Waals surface area contributed by atoms with E-state index in [2.05, 4.69) is 10.6 Å². The number of benzene rings is 1. The maximum Gasteiger partial charge on any atom is 0.233 e. The summed E-state index contributed by atoms with van der Waals surface area (Å²) in [4.78, 5) is 23.5. The van der Waals surface area contributed by atoms with Gasteiger partial charge in [-0.05, 0) is 25.5 Å². The Hall–Kier alpha value is -1.49. The van der Waals surface area contributed by atoms with Gasteiger partial charge in [-0.25, -0.2) is 0 Å². The number of carbonyl (C=O) groups is 2. The molecule has 2 amide bonds.